The molecule has 4 unspecified atom stereocenters. The van der Waals surface area contributed by atoms with E-state index in [0.29, 0.717) is 12.2 Å². The molecule has 4 heteroatoms. The summed E-state index contributed by atoms with van der Waals surface area (Å²) in [7, 11) is 0. The van der Waals surface area contributed by atoms with Crippen molar-refractivity contribution in [2.75, 3.05) is 0 Å². The number of thiophene rings is 1. The highest BCUT2D eigenvalue weighted by Crippen LogP contribution is 2.47. The lowest BCUT2D eigenvalue weighted by Crippen LogP contribution is -2.28. The van der Waals surface area contributed by atoms with Gasteiger partial charge in [0.2, 0.25) is 0 Å². The van der Waals surface area contributed by atoms with Crippen molar-refractivity contribution in [2.45, 2.75) is 109 Å². The number of aldehydes is 1. The zero-order chi connectivity index (χ0) is 20.2. The molecular weight excluding hydrogens is 444 g/mol. The molecule has 162 valence electrons. The van der Waals surface area contributed by atoms with Gasteiger partial charge in [-0.25, -0.2) is 0 Å². The molecule has 2 aliphatic carbocycles. The molecule has 29 heavy (non-hydrogen) atoms. The van der Waals surface area contributed by atoms with Crippen LogP contribution >= 0.6 is 27.3 Å². The second kappa shape index (κ2) is 10.4. The molecule has 2 saturated carbocycles. The Balaban J connectivity index is 1.29. The summed E-state index contributed by atoms with van der Waals surface area (Å²) in [6.07, 6.45) is 18.4. The van der Waals surface area contributed by atoms with Crippen LogP contribution in [0.2, 0.25) is 0 Å². The molecule has 3 fully saturated rings. The normalized spacial score (nSPS) is 34.8. The van der Waals surface area contributed by atoms with Gasteiger partial charge in [0.25, 0.3) is 0 Å². The molecule has 0 aromatic carbocycles. The van der Waals surface area contributed by atoms with Crippen molar-refractivity contribution < 1.29 is 9.53 Å². The Morgan fingerprint density at radius 2 is 1.79 bits per heavy atom. The molecule has 0 radical (unpaired) electrons. The van der Waals surface area contributed by atoms with Gasteiger partial charge in [0.1, 0.15) is 6.29 Å². The van der Waals surface area contributed by atoms with Crippen molar-refractivity contribution in [1.82, 2.24) is 0 Å². The number of ether oxygens (including phenoxy) is 1. The van der Waals surface area contributed by atoms with Crippen LogP contribution in [0.4, 0.5) is 0 Å². The van der Waals surface area contributed by atoms with Gasteiger partial charge in [0, 0.05) is 10.8 Å². The first-order valence-electron chi connectivity index (χ1n) is 12.1. The zero-order valence-corrected chi connectivity index (χ0v) is 20.3. The highest BCUT2D eigenvalue weighted by atomic mass is 79.9. The summed E-state index contributed by atoms with van der Waals surface area (Å²) in [6, 6.07) is 2.40. The molecule has 0 N–H and O–H groups in total. The van der Waals surface area contributed by atoms with Gasteiger partial charge in [-0.2, -0.15) is 0 Å². The van der Waals surface area contributed by atoms with E-state index < -0.39 is 0 Å². The fourth-order valence-corrected chi connectivity index (χ4v) is 8.01. The lowest BCUT2D eigenvalue weighted by molar-refractivity contribution is -0.114. The number of halogens is 1. The fraction of sp³-hybridized carbons (Fsp3) is 0.800. The molecule has 1 aliphatic heterocycles. The van der Waals surface area contributed by atoms with E-state index in [0.717, 1.165) is 36.9 Å². The fourth-order valence-electron chi connectivity index (χ4n) is 6.11. The Morgan fingerprint density at radius 3 is 2.55 bits per heavy atom. The number of carbonyl (C=O) groups is 1. The van der Waals surface area contributed by atoms with Gasteiger partial charge in [-0.15, -0.1) is 11.3 Å². The first-order valence-corrected chi connectivity index (χ1v) is 13.7. The van der Waals surface area contributed by atoms with Crippen LogP contribution in [0.3, 0.4) is 0 Å². The maximum absolute atomic E-state index is 11.2. The van der Waals surface area contributed by atoms with E-state index in [2.05, 4.69) is 28.9 Å². The summed E-state index contributed by atoms with van der Waals surface area (Å²) in [4.78, 5) is 12.8. The maximum Gasteiger partial charge on any atom is 0.123 e. The minimum absolute atomic E-state index is 0.249. The Kier molecular flexibility index (Phi) is 7.91. The quantitative estimate of drug-likeness (QED) is 0.281. The van der Waals surface area contributed by atoms with E-state index in [4.69, 9.17) is 4.74 Å². The third-order valence-electron chi connectivity index (χ3n) is 7.83. The molecule has 3 aliphatic rings. The van der Waals surface area contributed by atoms with Crippen LogP contribution < -0.4 is 0 Å². The SMILES string of the molecule is CCCCCCc1cc(Br)sc1C1CCC(C2CC3CCC(C=O)CC3O2)CC1. The van der Waals surface area contributed by atoms with Gasteiger partial charge in [-0.1, -0.05) is 26.2 Å². The minimum Gasteiger partial charge on any atom is -0.374 e. The third kappa shape index (κ3) is 5.36. The highest BCUT2D eigenvalue weighted by Gasteiger charge is 2.43. The summed E-state index contributed by atoms with van der Waals surface area (Å²) in [5, 5.41) is 0. The van der Waals surface area contributed by atoms with Crippen LogP contribution in [-0.2, 0) is 16.0 Å². The molecule has 0 bridgehead atoms. The largest absolute Gasteiger partial charge is 0.374 e. The van der Waals surface area contributed by atoms with Crippen molar-refractivity contribution in [3.63, 3.8) is 0 Å². The van der Waals surface area contributed by atoms with Crippen molar-refractivity contribution in [2.24, 2.45) is 17.8 Å². The second-order valence-electron chi connectivity index (χ2n) is 9.78. The van der Waals surface area contributed by atoms with Crippen LogP contribution in [0.1, 0.15) is 100 Å². The van der Waals surface area contributed by atoms with E-state index in [9.17, 15) is 4.79 Å². The van der Waals surface area contributed by atoms with Gasteiger partial charge >= 0.3 is 0 Å². The number of hydrogen-bond acceptors (Lipinski definition) is 3. The number of carbonyl (C=O) groups excluding carboxylic acids is 1. The molecular formula is C25H37BrO2S. The molecule has 0 spiro atoms. The van der Waals surface area contributed by atoms with Gasteiger partial charge in [-0.05, 0) is 110 Å². The number of rotatable bonds is 8. The van der Waals surface area contributed by atoms with E-state index in [1.54, 1.807) is 10.4 Å². The van der Waals surface area contributed by atoms with E-state index >= 15 is 0 Å². The topological polar surface area (TPSA) is 26.3 Å². The zero-order valence-electron chi connectivity index (χ0n) is 17.9. The van der Waals surface area contributed by atoms with Crippen molar-refractivity contribution in [3.05, 3.63) is 20.3 Å². The monoisotopic (exact) mass is 480 g/mol. The number of unbranched alkanes of at least 4 members (excludes halogenated alkanes) is 3. The number of hydrogen-bond donors (Lipinski definition) is 0. The van der Waals surface area contributed by atoms with Crippen molar-refractivity contribution >= 4 is 33.6 Å². The molecule has 1 aromatic rings. The standard InChI is InChI=1S/C25H37BrO2S/c1-2-3-4-5-6-21-15-24(26)29-25(21)19-11-9-18(10-12-19)23-14-20-8-7-17(16-27)13-22(20)28-23/h15-20,22-23H,2-14H2,1H3. The van der Waals surface area contributed by atoms with Crippen molar-refractivity contribution in [3.8, 4) is 0 Å². The average Bonchev–Trinajstić information content (AvgIpc) is 3.34. The second-order valence-corrected chi connectivity index (χ2v) is 12.2. The summed E-state index contributed by atoms with van der Waals surface area (Å²) in [6.45, 7) is 2.29. The predicted octanol–water partition coefficient (Wildman–Crippen LogP) is 7.68. The lowest BCUT2D eigenvalue weighted by atomic mass is 9.75. The lowest BCUT2D eigenvalue weighted by Gasteiger charge is -2.32. The Bertz CT molecular complexity index is 664. The Hall–Kier alpha value is -0.190. The molecule has 4 atom stereocenters. The molecule has 0 amide bonds. The van der Waals surface area contributed by atoms with Crippen LogP contribution in [0.25, 0.3) is 0 Å². The van der Waals surface area contributed by atoms with E-state index in [1.807, 2.05) is 11.3 Å². The first-order chi connectivity index (χ1) is 14.2. The van der Waals surface area contributed by atoms with Crippen LogP contribution in [0.5, 0.6) is 0 Å². The smallest absolute Gasteiger partial charge is 0.123 e. The Labute approximate surface area is 189 Å². The van der Waals surface area contributed by atoms with E-state index in [1.165, 1.54) is 74.4 Å². The van der Waals surface area contributed by atoms with Gasteiger partial charge in [0.05, 0.1) is 16.0 Å². The molecule has 2 heterocycles. The molecule has 1 saturated heterocycles. The van der Waals surface area contributed by atoms with Gasteiger partial charge < -0.3 is 9.53 Å². The summed E-state index contributed by atoms with van der Waals surface area (Å²) < 4.78 is 7.83. The van der Waals surface area contributed by atoms with Crippen LogP contribution in [0.15, 0.2) is 9.85 Å². The summed E-state index contributed by atoms with van der Waals surface area (Å²) in [5.41, 5.74) is 1.62. The third-order valence-corrected chi connectivity index (χ3v) is 9.67. The van der Waals surface area contributed by atoms with Gasteiger partial charge in [-0.3, -0.25) is 0 Å². The van der Waals surface area contributed by atoms with Crippen LogP contribution in [0, 0.1) is 17.8 Å². The molecule has 1 aromatic heterocycles. The highest BCUT2D eigenvalue weighted by molar-refractivity contribution is 9.11. The maximum atomic E-state index is 11.2. The van der Waals surface area contributed by atoms with Crippen molar-refractivity contribution in [1.29, 1.82) is 0 Å². The predicted molar refractivity (Wildman–Crippen MR) is 125 cm³/mol. The number of fused-ring (bicyclic) bond motifs is 1. The Morgan fingerprint density at radius 1 is 1.03 bits per heavy atom. The average molecular weight is 482 g/mol. The number of aryl methyl sites for hydroxylation is 1. The van der Waals surface area contributed by atoms with Gasteiger partial charge in [0.15, 0.2) is 0 Å². The minimum atomic E-state index is 0.249. The van der Waals surface area contributed by atoms with Crippen LogP contribution in [-0.4, -0.2) is 18.5 Å². The summed E-state index contributed by atoms with van der Waals surface area (Å²) >= 11 is 5.75. The first kappa shape index (κ1) is 22.0. The van der Waals surface area contributed by atoms with E-state index in [-0.39, 0.29) is 5.92 Å². The summed E-state index contributed by atoms with van der Waals surface area (Å²) in [5.74, 6) is 2.46. The molecule has 4 rings (SSSR count). The molecule has 2 nitrogen and oxygen atoms in total.